The predicted molar refractivity (Wildman–Crippen MR) is 101 cm³/mol. The molecule has 1 heterocycles. The molecular formula is C18H23N3O5S. The first-order chi connectivity index (χ1) is 12.9. The second-order valence-electron chi connectivity index (χ2n) is 6.04. The van der Waals surface area contributed by atoms with Crippen LogP contribution in [-0.4, -0.2) is 48.1 Å². The van der Waals surface area contributed by atoms with Crippen LogP contribution in [0.1, 0.15) is 26.7 Å². The Morgan fingerprint density at radius 2 is 2.04 bits per heavy atom. The molecule has 0 saturated heterocycles. The van der Waals surface area contributed by atoms with Gasteiger partial charge >= 0.3 is 5.97 Å². The maximum Gasteiger partial charge on any atom is 0.307 e. The third kappa shape index (κ3) is 6.28. The fourth-order valence-electron chi connectivity index (χ4n) is 2.33. The zero-order valence-corrected chi connectivity index (χ0v) is 16.1. The van der Waals surface area contributed by atoms with Gasteiger partial charge in [0.2, 0.25) is 11.8 Å². The van der Waals surface area contributed by atoms with Crippen molar-refractivity contribution in [1.82, 2.24) is 10.6 Å². The van der Waals surface area contributed by atoms with Crippen LogP contribution in [0.4, 0.5) is 5.69 Å². The monoisotopic (exact) mass is 393 g/mol. The fraction of sp³-hybridized carbons (Fsp3) is 0.444. The van der Waals surface area contributed by atoms with Crippen LogP contribution in [0.15, 0.2) is 29.2 Å². The summed E-state index contributed by atoms with van der Waals surface area (Å²) in [5.74, 6) is -1.80. The van der Waals surface area contributed by atoms with Gasteiger partial charge in [-0.25, -0.2) is 0 Å². The molecule has 8 nitrogen and oxygen atoms in total. The van der Waals surface area contributed by atoms with Crippen LogP contribution in [0, 0.1) is 0 Å². The van der Waals surface area contributed by atoms with Crippen molar-refractivity contribution >= 4 is 41.1 Å². The largest absolute Gasteiger partial charge is 0.456 e. The Kier molecular flexibility index (Phi) is 7.66. The number of anilines is 1. The lowest BCUT2D eigenvalue weighted by atomic mass is 10.2. The van der Waals surface area contributed by atoms with Gasteiger partial charge in [0, 0.05) is 11.4 Å². The quantitative estimate of drug-likeness (QED) is 0.569. The van der Waals surface area contributed by atoms with E-state index in [9.17, 15) is 19.2 Å². The van der Waals surface area contributed by atoms with Crippen LogP contribution in [0.2, 0.25) is 0 Å². The first-order valence-corrected chi connectivity index (χ1v) is 9.58. The van der Waals surface area contributed by atoms with Crippen molar-refractivity contribution in [3.63, 3.8) is 0 Å². The highest BCUT2D eigenvalue weighted by atomic mass is 32.2. The number of carbonyl (C=O) groups is 4. The molecule has 27 heavy (non-hydrogen) atoms. The molecule has 9 heteroatoms. The molecule has 3 N–H and O–H groups in total. The minimum absolute atomic E-state index is 0.148. The molecular weight excluding hydrogens is 370 g/mol. The van der Waals surface area contributed by atoms with Gasteiger partial charge in [0.25, 0.3) is 5.91 Å². The molecule has 0 radical (unpaired) electrons. The van der Waals surface area contributed by atoms with Crippen molar-refractivity contribution in [3.8, 4) is 0 Å². The summed E-state index contributed by atoms with van der Waals surface area (Å²) in [5, 5.41) is 7.25. The number of hydrogen-bond acceptors (Lipinski definition) is 6. The van der Waals surface area contributed by atoms with Crippen LogP contribution in [0.25, 0.3) is 0 Å². The van der Waals surface area contributed by atoms with E-state index in [1.807, 2.05) is 25.1 Å². The molecule has 0 aliphatic carbocycles. The summed E-state index contributed by atoms with van der Waals surface area (Å²) >= 11 is 1.28. The van der Waals surface area contributed by atoms with Crippen molar-refractivity contribution in [3.05, 3.63) is 24.3 Å². The van der Waals surface area contributed by atoms with Crippen molar-refractivity contribution < 1.29 is 23.9 Å². The van der Waals surface area contributed by atoms with Crippen molar-refractivity contribution in [1.29, 1.82) is 0 Å². The smallest absolute Gasteiger partial charge is 0.307 e. The number of carbonyl (C=O) groups excluding carboxylic acids is 4. The van der Waals surface area contributed by atoms with Gasteiger partial charge in [-0.05, 0) is 25.5 Å². The first-order valence-electron chi connectivity index (χ1n) is 8.70. The lowest BCUT2D eigenvalue weighted by molar-refractivity contribution is -0.149. The molecule has 1 aliphatic rings. The summed E-state index contributed by atoms with van der Waals surface area (Å²) < 4.78 is 4.93. The number of para-hydroxylation sites is 1. The standard InChI is InChI=1S/C18H23N3O5S/c1-3-8-19-17(24)11(2)20-15(22)10-26-16(23)9-14-18(25)21-12-6-4-5-7-13(12)27-14/h4-7,11,14H,3,8-10H2,1-2H3,(H,19,24)(H,20,22)(H,21,25)/t11-,14+/m0/s1. The summed E-state index contributed by atoms with van der Waals surface area (Å²) in [7, 11) is 0. The molecule has 0 aromatic heterocycles. The van der Waals surface area contributed by atoms with E-state index in [1.54, 1.807) is 13.0 Å². The topological polar surface area (TPSA) is 114 Å². The van der Waals surface area contributed by atoms with Crippen LogP contribution in [0.3, 0.4) is 0 Å². The maximum atomic E-state index is 12.1. The molecule has 146 valence electrons. The lowest BCUT2D eigenvalue weighted by Crippen LogP contribution is -2.46. The van der Waals surface area contributed by atoms with Gasteiger partial charge in [0.1, 0.15) is 6.04 Å². The molecule has 0 bridgehead atoms. The molecule has 0 unspecified atom stereocenters. The summed E-state index contributed by atoms with van der Waals surface area (Å²) in [6.45, 7) is 3.50. The Bertz CT molecular complexity index is 725. The Morgan fingerprint density at radius 1 is 1.30 bits per heavy atom. The SMILES string of the molecule is CCCNC(=O)[C@H](C)NC(=O)COC(=O)C[C@H]1Sc2ccccc2NC1=O. The predicted octanol–water partition coefficient (Wildman–Crippen LogP) is 1.06. The number of amides is 3. The van der Waals surface area contributed by atoms with Crippen LogP contribution in [0.5, 0.6) is 0 Å². The minimum Gasteiger partial charge on any atom is -0.456 e. The van der Waals surface area contributed by atoms with Crippen LogP contribution in [-0.2, 0) is 23.9 Å². The summed E-state index contributed by atoms with van der Waals surface area (Å²) in [4.78, 5) is 48.4. The number of esters is 1. The molecule has 3 amide bonds. The number of hydrogen-bond donors (Lipinski definition) is 3. The van der Waals surface area contributed by atoms with Crippen molar-refractivity contribution in [2.75, 3.05) is 18.5 Å². The molecule has 1 aliphatic heterocycles. The maximum absolute atomic E-state index is 12.1. The van der Waals surface area contributed by atoms with E-state index in [0.717, 1.165) is 11.3 Å². The van der Waals surface area contributed by atoms with E-state index in [0.29, 0.717) is 12.2 Å². The Hall–Kier alpha value is -2.55. The average Bonchev–Trinajstić information content (AvgIpc) is 2.65. The number of ether oxygens (including phenoxy) is 1. The summed E-state index contributed by atoms with van der Waals surface area (Å²) in [5.41, 5.74) is 0.715. The highest BCUT2D eigenvalue weighted by Gasteiger charge is 2.29. The van der Waals surface area contributed by atoms with Gasteiger partial charge in [0.15, 0.2) is 6.61 Å². The van der Waals surface area contributed by atoms with Gasteiger partial charge in [0.05, 0.1) is 17.4 Å². The number of benzene rings is 1. The van der Waals surface area contributed by atoms with Gasteiger partial charge < -0.3 is 20.7 Å². The number of rotatable bonds is 8. The van der Waals surface area contributed by atoms with E-state index < -0.39 is 29.8 Å². The highest BCUT2D eigenvalue weighted by molar-refractivity contribution is 8.01. The van der Waals surface area contributed by atoms with E-state index >= 15 is 0 Å². The second-order valence-corrected chi connectivity index (χ2v) is 7.28. The van der Waals surface area contributed by atoms with Crippen LogP contribution >= 0.6 is 11.8 Å². The van der Waals surface area contributed by atoms with Gasteiger partial charge in [-0.1, -0.05) is 19.1 Å². The second kappa shape index (κ2) is 9.96. The number of thioether (sulfide) groups is 1. The third-order valence-corrected chi connectivity index (χ3v) is 5.02. The highest BCUT2D eigenvalue weighted by Crippen LogP contribution is 2.36. The van der Waals surface area contributed by atoms with E-state index in [1.165, 1.54) is 11.8 Å². The Labute approximate surface area is 161 Å². The normalized spacial score (nSPS) is 16.5. The Morgan fingerprint density at radius 3 is 2.78 bits per heavy atom. The Balaban J connectivity index is 1.75. The molecule has 2 atom stereocenters. The van der Waals surface area contributed by atoms with E-state index in [2.05, 4.69) is 16.0 Å². The van der Waals surface area contributed by atoms with Gasteiger partial charge in [-0.3, -0.25) is 19.2 Å². The lowest BCUT2D eigenvalue weighted by Gasteiger charge is -2.23. The zero-order chi connectivity index (χ0) is 19.8. The summed E-state index contributed by atoms with van der Waals surface area (Å²) in [6, 6.07) is 6.59. The third-order valence-electron chi connectivity index (χ3n) is 3.74. The van der Waals surface area contributed by atoms with Crippen molar-refractivity contribution in [2.24, 2.45) is 0 Å². The number of fused-ring (bicyclic) bond motifs is 1. The van der Waals surface area contributed by atoms with Crippen LogP contribution < -0.4 is 16.0 Å². The molecule has 0 fully saturated rings. The molecule has 2 rings (SSSR count). The van der Waals surface area contributed by atoms with E-state index in [-0.39, 0.29) is 18.2 Å². The zero-order valence-electron chi connectivity index (χ0n) is 15.2. The van der Waals surface area contributed by atoms with Gasteiger partial charge in [-0.15, -0.1) is 11.8 Å². The average molecular weight is 393 g/mol. The first kappa shape index (κ1) is 20.8. The molecule has 1 aromatic carbocycles. The molecule has 0 spiro atoms. The fourth-order valence-corrected chi connectivity index (χ4v) is 3.43. The summed E-state index contributed by atoms with van der Waals surface area (Å²) in [6.07, 6.45) is 0.645. The molecule has 1 aromatic rings. The van der Waals surface area contributed by atoms with Crippen molar-refractivity contribution in [2.45, 2.75) is 42.9 Å². The number of nitrogens with one attached hydrogen (secondary N) is 3. The molecule has 0 saturated carbocycles. The van der Waals surface area contributed by atoms with E-state index in [4.69, 9.17) is 4.74 Å². The minimum atomic E-state index is -0.723. The van der Waals surface area contributed by atoms with Gasteiger partial charge in [-0.2, -0.15) is 0 Å².